The van der Waals surface area contributed by atoms with Crippen molar-refractivity contribution in [3.8, 4) is 0 Å². The van der Waals surface area contributed by atoms with E-state index in [4.69, 9.17) is 0 Å². The minimum Gasteiger partial charge on any atom is -0.308 e. The predicted molar refractivity (Wildman–Crippen MR) is 79.4 cm³/mol. The number of likely N-dealkylation sites (N-methyl/N-ethyl adjacent to an activating group) is 1. The van der Waals surface area contributed by atoms with Crippen LogP contribution in [0.4, 0.5) is 0 Å². The molecule has 0 aromatic carbocycles. The van der Waals surface area contributed by atoms with Gasteiger partial charge in [-0.25, -0.2) is 13.1 Å². The first-order valence-corrected chi connectivity index (χ1v) is 8.92. The molecular formula is C13H23N5O2S. The van der Waals surface area contributed by atoms with E-state index >= 15 is 0 Å². The minimum absolute atomic E-state index is 0.0152. The van der Waals surface area contributed by atoms with Crippen molar-refractivity contribution in [3.05, 3.63) is 11.4 Å². The molecule has 1 aliphatic carbocycles. The number of nitrogens with zero attached hydrogens (tertiary/aromatic N) is 2. The van der Waals surface area contributed by atoms with Gasteiger partial charge in [0, 0.05) is 25.2 Å². The van der Waals surface area contributed by atoms with E-state index in [0.29, 0.717) is 28.9 Å². The van der Waals surface area contributed by atoms with E-state index in [-0.39, 0.29) is 6.04 Å². The summed E-state index contributed by atoms with van der Waals surface area (Å²) in [5.41, 5.74) is 1.18. The molecule has 0 spiro atoms. The zero-order valence-electron chi connectivity index (χ0n) is 12.5. The maximum Gasteiger partial charge on any atom is 0.244 e. The monoisotopic (exact) mass is 313 g/mol. The van der Waals surface area contributed by atoms with E-state index < -0.39 is 10.0 Å². The molecule has 2 heterocycles. The summed E-state index contributed by atoms with van der Waals surface area (Å²) < 4.78 is 28.1. The Hall–Kier alpha value is -0.960. The van der Waals surface area contributed by atoms with Crippen LogP contribution in [0, 0.1) is 6.92 Å². The number of aromatic nitrogens is 2. The zero-order chi connectivity index (χ0) is 15.0. The van der Waals surface area contributed by atoms with Gasteiger partial charge in [0.25, 0.3) is 0 Å². The van der Waals surface area contributed by atoms with E-state index in [1.165, 1.54) is 0 Å². The van der Waals surface area contributed by atoms with Crippen molar-refractivity contribution in [2.75, 3.05) is 20.1 Å². The second-order valence-corrected chi connectivity index (χ2v) is 7.80. The third-order valence-electron chi connectivity index (χ3n) is 4.08. The number of hydrogen-bond donors (Lipinski definition) is 3. The zero-order valence-corrected chi connectivity index (χ0v) is 13.3. The Kier molecular flexibility index (Phi) is 4.04. The molecule has 1 saturated heterocycles. The molecule has 21 heavy (non-hydrogen) atoms. The summed E-state index contributed by atoms with van der Waals surface area (Å²) in [7, 11) is -1.52. The van der Waals surface area contributed by atoms with Crippen LogP contribution in [-0.2, 0) is 16.6 Å². The molecule has 118 valence electrons. The third kappa shape index (κ3) is 3.45. The maximum absolute atomic E-state index is 12.6. The molecule has 3 rings (SSSR count). The topological polar surface area (TPSA) is 90.1 Å². The average molecular weight is 313 g/mol. The number of likely N-dealkylation sites (tertiary alicyclic amines) is 1. The number of rotatable bonds is 6. The molecule has 0 bridgehead atoms. The normalized spacial score (nSPS) is 23.8. The molecule has 3 N–H and O–H groups in total. The van der Waals surface area contributed by atoms with Gasteiger partial charge in [0.05, 0.1) is 11.4 Å². The lowest BCUT2D eigenvalue weighted by molar-refractivity contribution is 0.407. The highest BCUT2D eigenvalue weighted by atomic mass is 32.2. The lowest BCUT2D eigenvalue weighted by atomic mass is 10.3. The summed E-state index contributed by atoms with van der Waals surface area (Å²) in [5, 5.41) is 10.3. The van der Waals surface area contributed by atoms with Crippen LogP contribution < -0.4 is 10.0 Å². The number of aryl methyl sites for hydroxylation is 1. The molecule has 1 aromatic heterocycles. The van der Waals surface area contributed by atoms with E-state index in [2.05, 4.69) is 25.1 Å². The Morgan fingerprint density at radius 3 is 2.71 bits per heavy atom. The summed E-state index contributed by atoms with van der Waals surface area (Å²) in [6, 6.07) is 0.507. The van der Waals surface area contributed by atoms with Gasteiger partial charge in [0.2, 0.25) is 10.0 Å². The Bertz CT molecular complexity index is 608. The van der Waals surface area contributed by atoms with Gasteiger partial charge >= 0.3 is 0 Å². The first-order chi connectivity index (χ1) is 9.95. The molecule has 2 aliphatic rings. The largest absolute Gasteiger partial charge is 0.308 e. The number of aromatic amines is 1. The lowest BCUT2D eigenvalue weighted by Gasteiger charge is -2.14. The Labute approximate surface area is 125 Å². The van der Waals surface area contributed by atoms with Crippen molar-refractivity contribution >= 4 is 10.0 Å². The van der Waals surface area contributed by atoms with E-state index in [0.717, 1.165) is 32.4 Å². The minimum atomic E-state index is -3.52. The molecule has 1 aromatic rings. The number of nitrogens with one attached hydrogen (secondary N) is 3. The SMILES string of the molecule is Cc1[nH]nc(CNC2CC2)c1S(=O)(=O)NC1CCN(C)C1. The van der Waals surface area contributed by atoms with Crippen molar-refractivity contribution in [1.82, 2.24) is 25.1 Å². The highest BCUT2D eigenvalue weighted by Gasteiger charge is 2.30. The standard InChI is InChI=1S/C13H23N5O2S/c1-9-13(12(16-15-9)7-14-10-3-4-10)21(19,20)17-11-5-6-18(2)8-11/h10-11,14,17H,3-8H2,1-2H3,(H,15,16). The summed E-state index contributed by atoms with van der Waals surface area (Å²) in [6.07, 6.45) is 3.18. The van der Waals surface area contributed by atoms with Crippen LogP contribution in [0.3, 0.4) is 0 Å². The van der Waals surface area contributed by atoms with Gasteiger partial charge in [-0.05, 0) is 39.8 Å². The maximum atomic E-state index is 12.6. The Morgan fingerprint density at radius 1 is 1.33 bits per heavy atom. The van der Waals surface area contributed by atoms with E-state index in [1.54, 1.807) is 6.92 Å². The number of H-pyrrole nitrogens is 1. The quantitative estimate of drug-likeness (QED) is 0.685. The summed E-state index contributed by atoms with van der Waals surface area (Å²) in [5.74, 6) is 0. The Balaban J connectivity index is 1.75. The fraction of sp³-hybridized carbons (Fsp3) is 0.769. The third-order valence-corrected chi connectivity index (χ3v) is 5.80. The highest BCUT2D eigenvalue weighted by molar-refractivity contribution is 7.89. The second kappa shape index (κ2) is 5.68. The van der Waals surface area contributed by atoms with E-state index in [1.807, 2.05) is 7.05 Å². The van der Waals surface area contributed by atoms with Gasteiger partial charge in [0.15, 0.2) is 0 Å². The van der Waals surface area contributed by atoms with Crippen molar-refractivity contribution < 1.29 is 8.42 Å². The molecule has 8 heteroatoms. The van der Waals surface area contributed by atoms with Gasteiger partial charge in [-0.3, -0.25) is 5.10 Å². The van der Waals surface area contributed by atoms with Crippen molar-refractivity contribution in [1.29, 1.82) is 0 Å². The van der Waals surface area contributed by atoms with Gasteiger partial charge in [-0.15, -0.1) is 0 Å². The van der Waals surface area contributed by atoms with Crippen LogP contribution >= 0.6 is 0 Å². The smallest absolute Gasteiger partial charge is 0.244 e. The average Bonchev–Trinajstić information content (AvgIpc) is 3.04. The summed E-state index contributed by atoms with van der Waals surface area (Å²) >= 11 is 0. The van der Waals surface area contributed by atoms with Crippen molar-refractivity contribution in [2.45, 2.75) is 49.7 Å². The molecular weight excluding hydrogens is 290 g/mol. The van der Waals surface area contributed by atoms with Crippen molar-refractivity contribution in [2.24, 2.45) is 0 Å². The fourth-order valence-corrected chi connectivity index (χ4v) is 4.41. The second-order valence-electron chi connectivity index (χ2n) is 6.15. The molecule has 1 aliphatic heterocycles. The molecule has 0 amide bonds. The van der Waals surface area contributed by atoms with Crippen LogP contribution in [0.15, 0.2) is 4.90 Å². The molecule has 1 atom stereocenters. The summed E-state index contributed by atoms with van der Waals surface area (Å²) in [6.45, 7) is 3.93. The van der Waals surface area contributed by atoms with Crippen molar-refractivity contribution in [3.63, 3.8) is 0 Å². The first kappa shape index (κ1) is 15.0. The highest BCUT2D eigenvalue weighted by Crippen LogP contribution is 2.22. The van der Waals surface area contributed by atoms with Crippen LogP contribution in [0.1, 0.15) is 30.7 Å². The predicted octanol–water partition coefficient (Wildman–Crippen LogP) is -0.0475. The lowest BCUT2D eigenvalue weighted by Crippen LogP contribution is -2.37. The molecule has 2 fully saturated rings. The van der Waals surface area contributed by atoms with Gasteiger partial charge < -0.3 is 10.2 Å². The molecule has 0 radical (unpaired) electrons. The molecule has 1 saturated carbocycles. The fourth-order valence-electron chi connectivity index (χ4n) is 2.78. The van der Waals surface area contributed by atoms with E-state index in [9.17, 15) is 8.42 Å². The van der Waals surface area contributed by atoms with Gasteiger partial charge in [-0.1, -0.05) is 0 Å². The Morgan fingerprint density at radius 2 is 2.10 bits per heavy atom. The summed E-state index contributed by atoms with van der Waals surface area (Å²) in [4.78, 5) is 2.44. The molecule has 1 unspecified atom stereocenters. The number of hydrogen-bond acceptors (Lipinski definition) is 5. The van der Waals surface area contributed by atoms with Crippen LogP contribution in [0.5, 0.6) is 0 Å². The molecule has 7 nitrogen and oxygen atoms in total. The van der Waals surface area contributed by atoms with Crippen LogP contribution in [-0.4, -0.2) is 55.7 Å². The van der Waals surface area contributed by atoms with Gasteiger partial charge in [0.1, 0.15) is 4.90 Å². The van der Waals surface area contributed by atoms with Crippen LogP contribution in [0.2, 0.25) is 0 Å². The van der Waals surface area contributed by atoms with Gasteiger partial charge in [-0.2, -0.15) is 5.10 Å². The van der Waals surface area contributed by atoms with Crippen LogP contribution in [0.25, 0.3) is 0 Å². The number of sulfonamides is 1. The first-order valence-electron chi connectivity index (χ1n) is 7.44.